The monoisotopic (exact) mass is 408 g/mol. The number of nitriles is 1. The third kappa shape index (κ3) is 4.07. The van der Waals surface area contributed by atoms with Gasteiger partial charge >= 0.3 is 0 Å². The number of benzene rings is 2. The first-order valence-corrected chi connectivity index (χ1v) is 9.66. The van der Waals surface area contributed by atoms with Crippen molar-refractivity contribution in [2.45, 2.75) is 20.3 Å². The fourth-order valence-corrected chi connectivity index (χ4v) is 3.76. The van der Waals surface area contributed by atoms with Crippen molar-refractivity contribution in [3.05, 3.63) is 74.0 Å². The average molecular weight is 409 g/mol. The van der Waals surface area contributed by atoms with Crippen molar-refractivity contribution >= 4 is 38.9 Å². The van der Waals surface area contributed by atoms with Crippen molar-refractivity contribution in [2.75, 3.05) is 0 Å². The summed E-state index contributed by atoms with van der Waals surface area (Å²) in [6.45, 7) is 4.20. The van der Waals surface area contributed by atoms with Gasteiger partial charge in [-0.05, 0) is 37.1 Å². The molecule has 0 aliphatic rings. The van der Waals surface area contributed by atoms with Crippen LogP contribution in [0.5, 0.6) is 0 Å². The lowest BCUT2D eigenvalue weighted by molar-refractivity contribution is 1.17. The van der Waals surface area contributed by atoms with E-state index in [2.05, 4.69) is 60.1 Å². The zero-order valence-corrected chi connectivity index (χ0v) is 16.5. The minimum Gasteiger partial charge on any atom is -0.235 e. The second-order valence-corrected chi connectivity index (χ2v) is 7.73. The Morgan fingerprint density at radius 3 is 2.44 bits per heavy atom. The van der Waals surface area contributed by atoms with Crippen LogP contribution in [-0.2, 0) is 6.42 Å². The number of aromatic nitrogens is 1. The summed E-state index contributed by atoms with van der Waals surface area (Å²) < 4.78 is 1.02. The molecule has 0 saturated heterocycles. The van der Waals surface area contributed by atoms with Gasteiger partial charge in [-0.1, -0.05) is 64.8 Å². The second kappa shape index (κ2) is 7.77. The number of hydrogen-bond donors (Lipinski definition) is 0. The molecule has 4 heteroatoms. The summed E-state index contributed by atoms with van der Waals surface area (Å²) in [7, 11) is 0. The molecule has 2 aromatic carbocycles. The van der Waals surface area contributed by atoms with E-state index in [9.17, 15) is 5.26 Å². The van der Waals surface area contributed by atoms with Crippen molar-refractivity contribution in [1.82, 2.24) is 4.98 Å². The van der Waals surface area contributed by atoms with E-state index >= 15 is 0 Å². The van der Waals surface area contributed by atoms with E-state index in [4.69, 9.17) is 4.98 Å². The van der Waals surface area contributed by atoms with Crippen molar-refractivity contribution in [3.8, 4) is 17.3 Å². The number of halogens is 1. The predicted octanol–water partition coefficient (Wildman–Crippen LogP) is 6.51. The largest absolute Gasteiger partial charge is 0.235 e. The van der Waals surface area contributed by atoms with E-state index in [0.29, 0.717) is 5.57 Å². The quantitative estimate of drug-likeness (QED) is 0.461. The molecule has 0 spiro atoms. The van der Waals surface area contributed by atoms with Crippen LogP contribution in [0.1, 0.15) is 27.9 Å². The summed E-state index contributed by atoms with van der Waals surface area (Å²) in [5.41, 5.74) is 4.90. The van der Waals surface area contributed by atoms with Gasteiger partial charge in [0.05, 0.1) is 11.3 Å². The molecule has 1 aromatic heterocycles. The highest BCUT2D eigenvalue weighted by Crippen LogP contribution is 2.33. The van der Waals surface area contributed by atoms with E-state index in [1.807, 2.05) is 30.3 Å². The molecule has 0 amide bonds. The predicted molar refractivity (Wildman–Crippen MR) is 109 cm³/mol. The van der Waals surface area contributed by atoms with Crippen LogP contribution in [0.25, 0.3) is 22.9 Å². The van der Waals surface area contributed by atoms with E-state index in [-0.39, 0.29) is 0 Å². The molecule has 0 bridgehead atoms. The Morgan fingerprint density at radius 1 is 1.16 bits per heavy atom. The first kappa shape index (κ1) is 17.6. The molecule has 0 unspecified atom stereocenters. The Bertz CT molecular complexity index is 945. The van der Waals surface area contributed by atoms with Crippen molar-refractivity contribution in [3.63, 3.8) is 0 Å². The Hall–Kier alpha value is -2.22. The zero-order chi connectivity index (χ0) is 17.8. The number of thiazole rings is 1. The molecular weight excluding hydrogens is 392 g/mol. The van der Waals surface area contributed by atoms with Crippen molar-refractivity contribution < 1.29 is 0 Å². The molecule has 0 N–H and O–H groups in total. The third-order valence-corrected chi connectivity index (χ3v) is 5.64. The lowest BCUT2D eigenvalue weighted by Crippen LogP contribution is -1.85. The lowest BCUT2D eigenvalue weighted by Gasteiger charge is -2.00. The fourth-order valence-electron chi connectivity index (χ4n) is 2.51. The van der Waals surface area contributed by atoms with Gasteiger partial charge in [0.25, 0.3) is 0 Å². The van der Waals surface area contributed by atoms with Crippen LogP contribution in [0.15, 0.2) is 53.0 Å². The molecule has 0 radical (unpaired) electrons. The molecular formula is C21H17BrN2S. The minimum absolute atomic E-state index is 0.598. The van der Waals surface area contributed by atoms with Crippen LogP contribution in [0.3, 0.4) is 0 Å². The van der Waals surface area contributed by atoms with Crippen molar-refractivity contribution in [1.29, 1.82) is 5.26 Å². The topological polar surface area (TPSA) is 36.7 Å². The standard InChI is InChI=1S/C21H17BrN2S/c1-3-19-20(16-8-4-14(2)5-9-16)24-21(25-19)17(13-23)12-15-6-10-18(22)11-7-15/h4-12H,3H2,1-2H3/b17-12+. The minimum atomic E-state index is 0.598. The molecule has 3 aromatic rings. The number of nitrogens with zero attached hydrogens (tertiary/aromatic N) is 2. The Labute approximate surface area is 160 Å². The summed E-state index contributed by atoms with van der Waals surface area (Å²) in [5, 5.41) is 10.4. The fraction of sp³-hybridized carbons (Fsp3) is 0.143. The van der Waals surface area contributed by atoms with Gasteiger partial charge in [0.1, 0.15) is 11.1 Å². The summed E-state index contributed by atoms with van der Waals surface area (Å²) in [6.07, 6.45) is 2.79. The van der Waals surface area contributed by atoms with Gasteiger partial charge < -0.3 is 0 Å². The summed E-state index contributed by atoms with van der Waals surface area (Å²) >= 11 is 5.03. The Kier molecular flexibility index (Phi) is 5.47. The van der Waals surface area contributed by atoms with Gasteiger partial charge in [0, 0.05) is 14.9 Å². The van der Waals surface area contributed by atoms with Crippen LogP contribution in [-0.4, -0.2) is 4.98 Å². The molecule has 0 fully saturated rings. The highest BCUT2D eigenvalue weighted by Gasteiger charge is 2.14. The van der Waals surface area contributed by atoms with E-state index in [0.717, 1.165) is 32.7 Å². The molecule has 25 heavy (non-hydrogen) atoms. The molecule has 3 rings (SSSR count). The molecule has 0 atom stereocenters. The number of hydrogen-bond acceptors (Lipinski definition) is 3. The molecule has 0 aliphatic heterocycles. The maximum absolute atomic E-state index is 9.61. The van der Waals surface area contributed by atoms with Gasteiger partial charge in [-0.15, -0.1) is 11.3 Å². The maximum Gasteiger partial charge on any atom is 0.134 e. The van der Waals surface area contributed by atoms with E-state index in [1.54, 1.807) is 11.3 Å². The molecule has 0 saturated carbocycles. The van der Waals surface area contributed by atoms with Crippen LogP contribution >= 0.6 is 27.3 Å². The van der Waals surface area contributed by atoms with Gasteiger partial charge in [0.2, 0.25) is 0 Å². The smallest absolute Gasteiger partial charge is 0.134 e. The summed E-state index contributed by atoms with van der Waals surface area (Å²) in [4.78, 5) is 5.99. The number of rotatable bonds is 4. The Balaban J connectivity index is 2.03. The number of aryl methyl sites for hydroxylation is 2. The second-order valence-electron chi connectivity index (χ2n) is 5.73. The lowest BCUT2D eigenvalue weighted by atomic mass is 10.1. The maximum atomic E-state index is 9.61. The molecule has 2 nitrogen and oxygen atoms in total. The summed E-state index contributed by atoms with van der Waals surface area (Å²) in [5.74, 6) is 0. The first-order chi connectivity index (χ1) is 12.1. The zero-order valence-electron chi connectivity index (χ0n) is 14.1. The van der Waals surface area contributed by atoms with Crippen LogP contribution in [0.2, 0.25) is 0 Å². The van der Waals surface area contributed by atoms with Gasteiger partial charge in [-0.2, -0.15) is 5.26 Å². The number of allylic oxidation sites excluding steroid dienone is 1. The Morgan fingerprint density at radius 2 is 1.84 bits per heavy atom. The third-order valence-electron chi connectivity index (χ3n) is 3.88. The van der Waals surface area contributed by atoms with Crippen molar-refractivity contribution in [2.24, 2.45) is 0 Å². The van der Waals surface area contributed by atoms with E-state index in [1.165, 1.54) is 10.4 Å². The highest BCUT2D eigenvalue weighted by molar-refractivity contribution is 9.10. The van der Waals surface area contributed by atoms with Crippen LogP contribution in [0, 0.1) is 18.3 Å². The molecule has 1 heterocycles. The highest BCUT2D eigenvalue weighted by atomic mass is 79.9. The first-order valence-electron chi connectivity index (χ1n) is 8.05. The van der Waals surface area contributed by atoms with Gasteiger partial charge in [-0.25, -0.2) is 4.98 Å². The van der Waals surface area contributed by atoms with Crippen LogP contribution in [0.4, 0.5) is 0 Å². The van der Waals surface area contributed by atoms with Gasteiger partial charge in [-0.3, -0.25) is 0 Å². The SMILES string of the molecule is CCc1sc(/C(C#N)=C/c2ccc(Br)cc2)nc1-c1ccc(C)cc1. The molecule has 0 aliphatic carbocycles. The van der Waals surface area contributed by atoms with Crippen LogP contribution < -0.4 is 0 Å². The molecule has 124 valence electrons. The average Bonchev–Trinajstić information content (AvgIpc) is 3.06. The summed E-state index contributed by atoms with van der Waals surface area (Å²) in [6, 6.07) is 18.6. The normalized spacial score (nSPS) is 11.4. The van der Waals surface area contributed by atoms with Gasteiger partial charge in [0.15, 0.2) is 0 Å². The van der Waals surface area contributed by atoms with E-state index < -0.39 is 0 Å².